The van der Waals surface area contributed by atoms with E-state index >= 15 is 0 Å². The van der Waals surface area contributed by atoms with Crippen molar-refractivity contribution in [2.45, 2.75) is 30.6 Å². The van der Waals surface area contributed by atoms with Gasteiger partial charge in [0.25, 0.3) is 0 Å². The van der Waals surface area contributed by atoms with E-state index in [1.807, 2.05) is 0 Å². The van der Waals surface area contributed by atoms with Crippen LogP contribution in [0.2, 0.25) is 0 Å². The van der Waals surface area contributed by atoms with E-state index in [0.29, 0.717) is 11.2 Å². The molecule has 0 radical (unpaired) electrons. The second-order valence-corrected chi connectivity index (χ2v) is 5.35. The lowest BCUT2D eigenvalue weighted by Crippen LogP contribution is -2.41. The third kappa shape index (κ3) is 2.56. The summed E-state index contributed by atoms with van der Waals surface area (Å²) in [5.74, 6) is 0.123. The van der Waals surface area contributed by atoms with Gasteiger partial charge >= 0.3 is 6.01 Å². The van der Waals surface area contributed by atoms with Crippen molar-refractivity contribution in [2.24, 2.45) is 0 Å². The first-order valence-electron chi connectivity index (χ1n) is 7.21. The van der Waals surface area contributed by atoms with E-state index in [2.05, 4.69) is 15.0 Å². The summed E-state index contributed by atoms with van der Waals surface area (Å²) in [5, 5.41) is 29.5. The maximum absolute atomic E-state index is 10.5. The summed E-state index contributed by atoms with van der Waals surface area (Å²) in [6, 6.07) is 0.0458. The maximum atomic E-state index is 10.5. The molecule has 11 nitrogen and oxygen atoms in total. The molecule has 24 heavy (non-hydrogen) atoms. The van der Waals surface area contributed by atoms with E-state index in [9.17, 15) is 10.2 Å². The number of aliphatic hydroxyl groups excluding tert-OH is 3. The number of methoxy groups -OCH3 is 2. The highest BCUT2D eigenvalue weighted by Gasteiger charge is 2.48. The summed E-state index contributed by atoms with van der Waals surface area (Å²) in [6.45, 7) is -0.530. The predicted molar refractivity (Wildman–Crippen MR) is 80.1 cm³/mol. The van der Waals surface area contributed by atoms with Crippen LogP contribution in [0.3, 0.4) is 0 Å². The molecule has 1 saturated heterocycles. The maximum Gasteiger partial charge on any atom is 0.320 e. The Balaban J connectivity index is 2.02. The molecule has 11 heteroatoms. The van der Waals surface area contributed by atoms with Crippen molar-refractivity contribution in [3.05, 3.63) is 6.33 Å². The molecule has 132 valence electrons. The molecule has 0 aliphatic carbocycles. The number of imidazole rings is 1. The summed E-state index contributed by atoms with van der Waals surface area (Å²) in [6.07, 6.45) is -3.64. The Morgan fingerprint density at radius 2 is 2.17 bits per heavy atom. The van der Waals surface area contributed by atoms with Gasteiger partial charge in [-0.05, 0) is 0 Å². The van der Waals surface area contributed by atoms with Crippen molar-refractivity contribution >= 4 is 17.0 Å². The van der Waals surface area contributed by atoms with Crippen molar-refractivity contribution < 1.29 is 29.5 Å². The fraction of sp³-hybridized carbons (Fsp3) is 0.615. The number of ether oxygens (including phenoxy) is 3. The van der Waals surface area contributed by atoms with E-state index in [-0.39, 0.29) is 11.8 Å². The number of hydrogen-bond donors (Lipinski definition) is 4. The zero-order chi connectivity index (χ0) is 17.4. The Kier molecular flexibility index (Phi) is 4.51. The fourth-order valence-corrected chi connectivity index (χ4v) is 2.79. The average molecular weight is 341 g/mol. The van der Waals surface area contributed by atoms with Crippen LogP contribution >= 0.6 is 0 Å². The summed E-state index contributed by atoms with van der Waals surface area (Å²) in [5.41, 5.74) is 6.45. The van der Waals surface area contributed by atoms with Gasteiger partial charge in [0.15, 0.2) is 23.2 Å². The third-order valence-corrected chi connectivity index (χ3v) is 3.97. The van der Waals surface area contributed by atoms with Crippen LogP contribution in [0.15, 0.2) is 6.33 Å². The Hall–Kier alpha value is -2.05. The predicted octanol–water partition coefficient (Wildman–Crippen LogP) is -1.96. The minimum atomic E-state index is -1.21. The van der Waals surface area contributed by atoms with E-state index < -0.39 is 37.3 Å². The van der Waals surface area contributed by atoms with Gasteiger partial charge in [0, 0.05) is 7.11 Å². The summed E-state index contributed by atoms with van der Waals surface area (Å²) in [7, 11) is 2.78. The monoisotopic (exact) mass is 341 g/mol. The second-order valence-electron chi connectivity index (χ2n) is 5.35. The molecule has 0 bridgehead atoms. The van der Waals surface area contributed by atoms with Gasteiger partial charge in [-0.3, -0.25) is 4.57 Å². The number of aromatic nitrogens is 4. The number of fused-ring (bicyclic) bond motifs is 1. The Bertz CT molecular complexity index is 724. The van der Waals surface area contributed by atoms with Crippen molar-refractivity contribution in [2.75, 3.05) is 26.6 Å². The molecule has 5 atom stereocenters. The highest BCUT2D eigenvalue weighted by atomic mass is 16.6. The van der Waals surface area contributed by atoms with Gasteiger partial charge in [0.05, 0.1) is 20.0 Å². The Morgan fingerprint density at radius 3 is 2.79 bits per heavy atom. The molecular weight excluding hydrogens is 322 g/mol. The molecule has 5 N–H and O–H groups in total. The molecule has 0 amide bonds. The van der Waals surface area contributed by atoms with Crippen LogP contribution in [0.4, 0.5) is 5.82 Å². The Morgan fingerprint density at radius 1 is 1.42 bits per heavy atom. The van der Waals surface area contributed by atoms with Gasteiger partial charge < -0.3 is 35.3 Å². The second kappa shape index (κ2) is 6.45. The molecule has 1 aliphatic rings. The molecule has 3 rings (SSSR count). The summed E-state index contributed by atoms with van der Waals surface area (Å²) < 4.78 is 17.3. The van der Waals surface area contributed by atoms with Gasteiger partial charge in [0.2, 0.25) is 0 Å². The van der Waals surface area contributed by atoms with Crippen molar-refractivity contribution in [1.82, 2.24) is 19.5 Å². The first kappa shape index (κ1) is 16.8. The molecule has 0 aromatic carbocycles. The topological polar surface area (TPSA) is 158 Å². The van der Waals surface area contributed by atoms with Crippen LogP contribution in [0.5, 0.6) is 6.01 Å². The van der Waals surface area contributed by atoms with Crippen LogP contribution in [-0.4, -0.2) is 80.1 Å². The number of rotatable bonds is 5. The third-order valence-electron chi connectivity index (χ3n) is 3.97. The molecule has 0 saturated carbocycles. The minimum absolute atomic E-state index is 0.0458. The summed E-state index contributed by atoms with van der Waals surface area (Å²) >= 11 is 0. The zero-order valence-corrected chi connectivity index (χ0v) is 13.1. The normalized spacial score (nSPS) is 28.4. The van der Waals surface area contributed by atoms with E-state index in [1.165, 1.54) is 25.1 Å². The van der Waals surface area contributed by atoms with Crippen LogP contribution in [0.1, 0.15) is 6.23 Å². The molecular formula is C13H19N5O6. The number of anilines is 1. The van der Waals surface area contributed by atoms with Gasteiger partial charge in [-0.1, -0.05) is 0 Å². The average Bonchev–Trinajstić information content (AvgIpc) is 3.14. The molecule has 2 aromatic heterocycles. The highest BCUT2D eigenvalue weighted by Crippen LogP contribution is 2.35. The van der Waals surface area contributed by atoms with Crippen LogP contribution in [0, 0.1) is 0 Å². The molecule has 2 aromatic rings. The van der Waals surface area contributed by atoms with Crippen LogP contribution in [0.25, 0.3) is 11.2 Å². The molecule has 3 heterocycles. The van der Waals surface area contributed by atoms with Crippen LogP contribution < -0.4 is 10.5 Å². The molecule has 1 fully saturated rings. The lowest BCUT2D eigenvalue weighted by Gasteiger charge is -2.21. The van der Waals surface area contributed by atoms with Crippen molar-refractivity contribution in [3.8, 4) is 6.01 Å². The minimum Gasteiger partial charge on any atom is -0.467 e. The van der Waals surface area contributed by atoms with E-state index in [0.717, 1.165) is 0 Å². The highest BCUT2D eigenvalue weighted by molar-refractivity contribution is 5.82. The first-order valence-corrected chi connectivity index (χ1v) is 7.21. The quantitative estimate of drug-likeness (QED) is 0.481. The van der Waals surface area contributed by atoms with Crippen LogP contribution in [-0.2, 0) is 9.47 Å². The van der Waals surface area contributed by atoms with E-state index in [4.69, 9.17) is 25.1 Å². The number of nitrogens with zero attached hydrogens (tertiary/aromatic N) is 4. The lowest BCUT2D eigenvalue weighted by atomic mass is 10.1. The first-order chi connectivity index (χ1) is 11.5. The fourth-order valence-electron chi connectivity index (χ4n) is 2.79. The SMILES string of the molecule is COc1nc(N)c2ncn([C@@H]3O[C@H]([C@H](O)CO)[C@H](OC)[C@H]3O)c2n1. The van der Waals surface area contributed by atoms with Crippen molar-refractivity contribution in [3.63, 3.8) is 0 Å². The number of aliphatic hydroxyl groups is 3. The standard InChI is InChI=1S/C13H19N5O6/c1-22-9-7(21)12(24-8(9)5(20)3-19)18-4-15-6-10(14)16-13(23-2)17-11(6)18/h4-5,7-9,12,19-21H,3H2,1-2H3,(H2,14,16,17)/t5-,7-,8-,9-,12-/m1/s1. The largest absolute Gasteiger partial charge is 0.467 e. The number of nitrogen functional groups attached to an aromatic ring is 1. The lowest BCUT2D eigenvalue weighted by molar-refractivity contribution is -0.101. The van der Waals surface area contributed by atoms with Gasteiger partial charge in [-0.15, -0.1) is 0 Å². The van der Waals surface area contributed by atoms with Gasteiger partial charge in [-0.2, -0.15) is 9.97 Å². The number of nitrogens with two attached hydrogens (primary N) is 1. The Labute approximate surface area is 136 Å². The molecule has 0 unspecified atom stereocenters. The number of hydrogen-bond acceptors (Lipinski definition) is 10. The summed E-state index contributed by atoms with van der Waals surface area (Å²) in [4.78, 5) is 12.2. The molecule has 0 spiro atoms. The van der Waals surface area contributed by atoms with Gasteiger partial charge in [-0.25, -0.2) is 4.98 Å². The van der Waals surface area contributed by atoms with Crippen molar-refractivity contribution in [1.29, 1.82) is 0 Å². The smallest absolute Gasteiger partial charge is 0.320 e. The van der Waals surface area contributed by atoms with Gasteiger partial charge in [0.1, 0.15) is 24.4 Å². The molecule has 1 aliphatic heterocycles. The zero-order valence-electron chi connectivity index (χ0n) is 13.1. The van der Waals surface area contributed by atoms with E-state index in [1.54, 1.807) is 0 Å².